The second kappa shape index (κ2) is 4.27. The molecule has 5 nitrogen and oxygen atoms in total. The number of imide groups is 1. The molecule has 2 amide bonds. The Bertz CT molecular complexity index is 335. The molecule has 0 aromatic heterocycles. The van der Waals surface area contributed by atoms with E-state index in [1.807, 2.05) is 0 Å². The van der Waals surface area contributed by atoms with E-state index in [2.05, 4.69) is 0 Å². The van der Waals surface area contributed by atoms with Gasteiger partial charge in [0.15, 0.2) is 0 Å². The predicted molar refractivity (Wildman–Crippen MR) is 50.2 cm³/mol. The molecular formula is C7H10ClNO4S. The van der Waals surface area contributed by atoms with Crippen molar-refractivity contribution in [1.29, 1.82) is 0 Å². The Morgan fingerprint density at radius 3 is 2.14 bits per heavy atom. The third-order valence-electron chi connectivity index (χ3n) is 1.94. The molecule has 14 heavy (non-hydrogen) atoms. The molecule has 0 saturated carbocycles. The fourth-order valence-corrected chi connectivity index (χ4v) is 1.86. The lowest BCUT2D eigenvalue weighted by atomic mass is 10.1. The van der Waals surface area contributed by atoms with Crippen molar-refractivity contribution in [2.75, 3.05) is 12.3 Å². The van der Waals surface area contributed by atoms with Gasteiger partial charge in [-0.15, -0.1) is 0 Å². The van der Waals surface area contributed by atoms with Crippen LogP contribution in [0, 0.1) is 0 Å². The molecule has 0 aromatic rings. The van der Waals surface area contributed by atoms with Crippen LogP contribution in [0.15, 0.2) is 0 Å². The van der Waals surface area contributed by atoms with E-state index in [4.69, 9.17) is 10.7 Å². The molecular weight excluding hydrogens is 230 g/mol. The van der Waals surface area contributed by atoms with E-state index in [1.165, 1.54) is 0 Å². The average Bonchev–Trinajstić information content (AvgIpc) is 2.01. The Kier molecular flexibility index (Phi) is 3.49. The Balaban J connectivity index is 2.57. The SMILES string of the molecule is O=C1CCCC(=O)N1CCS(=O)(=O)Cl. The molecule has 0 N–H and O–H groups in total. The van der Waals surface area contributed by atoms with Gasteiger partial charge in [0.1, 0.15) is 0 Å². The molecule has 1 fully saturated rings. The van der Waals surface area contributed by atoms with Crippen molar-refractivity contribution < 1.29 is 18.0 Å². The van der Waals surface area contributed by atoms with Crippen molar-refractivity contribution in [2.24, 2.45) is 0 Å². The molecule has 7 heteroatoms. The second-order valence-electron chi connectivity index (χ2n) is 3.04. The maximum Gasteiger partial charge on any atom is 0.234 e. The molecule has 80 valence electrons. The van der Waals surface area contributed by atoms with Gasteiger partial charge in [0.2, 0.25) is 20.9 Å². The molecule has 0 bridgehead atoms. The van der Waals surface area contributed by atoms with Crippen molar-refractivity contribution in [3.63, 3.8) is 0 Å². The van der Waals surface area contributed by atoms with Crippen LogP contribution >= 0.6 is 10.7 Å². The van der Waals surface area contributed by atoms with Crippen molar-refractivity contribution in [3.05, 3.63) is 0 Å². The number of nitrogens with zero attached hydrogens (tertiary/aromatic N) is 1. The topological polar surface area (TPSA) is 71.5 Å². The summed E-state index contributed by atoms with van der Waals surface area (Å²) in [5.41, 5.74) is 0. The van der Waals surface area contributed by atoms with Gasteiger partial charge in [-0.3, -0.25) is 14.5 Å². The zero-order chi connectivity index (χ0) is 10.8. The molecule has 0 atom stereocenters. The van der Waals surface area contributed by atoms with Gasteiger partial charge >= 0.3 is 0 Å². The summed E-state index contributed by atoms with van der Waals surface area (Å²) in [6.45, 7) is -0.135. The number of carbonyl (C=O) groups excluding carboxylic acids is 2. The minimum atomic E-state index is -3.64. The van der Waals surface area contributed by atoms with Gasteiger partial charge in [-0.2, -0.15) is 0 Å². The minimum Gasteiger partial charge on any atom is -0.282 e. The van der Waals surface area contributed by atoms with Crippen LogP contribution in [0.3, 0.4) is 0 Å². The third-order valence-corrected chi connectivity index (χ3v) is 3.08. The number of carbonyl (C=O) groups is 2. The van der Waals surface area contributed by atoms with Gasteiger partial charge in [0.25, 0.3) is 0 Å². The molecule has 0 radical (unpaired) electrons. The highest BCUT2D eigenvalue weighted by atomic mass is 35.7. The van der Waals surface area contributed by atoms with Crippen molar-refractivity contribution >= 4 is 31.5 Å². The summed E-state index contributed by atoms with van der Waals surface area (Å²) < 4.78 is 21.2. The first-order valence-electron chi connectivity index (χ1n) is 4.16. The summed E-state index contributed by atoms with van der Waals surface area (Å²) in [6, 6.07) is 0. The molecule has 0 unspecified atom stereocenters. The normalized spacial score (nSPS) is 18.8. The minimum absolute atomic E-state index is 0.135. The molecule has 1 aliphatic heterocycles. The summed E-state index contributed by atoms with van der Waals surface area (Å²) in [5.74, 6) is -1.02. The second-order valence-corrected chi connectivity index (χ2v) is 5.93. The first-order valence-corrected chi connectivity index (χ1v) is 6.63. The Labute approximate surface area is 86.4 Å². The van der Waals surface area contributed by atoms with Gasteiger partial charge in [-0.1, -0.05) is 0 Å². The smallest absolute Gasteiger partial charge is 0.234 e. The van der Waals surface area contributed by atoms with Crippen LogP contribution in [0.25, 0.3) is 0 Å². The summed E-state index contributed by atoms with van der Waals surface area (Å²) in [5, 5.41) is 0. The van der Waals surface area contributed by atoms with E-state index in [1.54, 1.807) is 0 Å². The maximum atomic E-state index is 11.2. The lowest BCUT2D eigenvalue weighted by Gasteiger charge is -2.23. The highest BCUT2D eigenvalue weighted by Crippen LogP contribution is 2.12. The van der Waals surface area contributed by atoms with E-state index >= 15 is 0 Å². The van der Waals surface area contributed by atoms with Gasteiger partial charge in [0, 0.05) is 30.1 Å². The van der Waals surface area contributed by atoms with Crippen LogP contribution in [0.2, 0.25) is 0 Å². The van der Waals surface area contributed by atoms with E-state index in [-0.39, 0.29) is 24.1 Å². The molecule has 1 aliphatic rings. The van der Waals surface area contributed by atoms with Gasteiger partial charge in [0.05, 0.1) is 5.75 Å². The molecule has 0 aromatic carbocycles. The summed E-state index contributed by atoms with van der Waals surface area (Å²) in [7, 11) is 1.33. The number of amides is 2. The van der Waals surface area contributed by atoms with Crippen LogP contribution in [0.4, 0.5) is 0 Å². The largest absolute Gasteiger partial charge is 0.282 e. The number of hydrogen-bond acceptors (Lipinski definition) is 4. The quantitative estimate of drug-likeness (QED) is 0.517. The van der Waals surface area contributed by atoms with Crippen LogP contribution in [-0.4, -0.2) is 37.4 Å². The van der Waals surface area contributed by atoms with E-state index < -0.39 is 9.05 Å². The number of likely N-dealkylation sites (tertiary alicyclic amines) is 1. The van der Waals surface area contributed by atoms with E-state index in [0.717, 1.165) is 4.90 Å². The monoisotopic (exact) mass is 239 g/mol. The van der Waals surface area contributed by atoms with Crippen LogP contribution < -0.4 is 0 Å². The first kappa shape index (κ1) is 11.5. The van der Waals surface area contributed by atoms with Gasteiger partial charge in [-0.05, 0) is 6.42 Å². The standard InChI is InChI=1S/C7H10ClNO4S/c8-14(12,13)5-4-9-6(10)2-1-3-7(9)11/h1-5H2. The number of hydrogen-bond donors (Lipinski definition) is 0. The van der Waals surface area contributed by atoms with E-state index in [9.17, 15) is 18.0 Å². The zero-order valence-corrected chi connectivity index (χ0v) is 8.97. The molecule has 1 rings (SSSR count). The fraction of sp³-hybridized carbons (Fsp3) is 0.714. The average molecular weight is 240 g/mol. The summed E-state index contributed by atoms with van der Waals surface area (Å²) in [6.07, 6.45) is 1.14. The van der Waals surface area contributed by atoms with Gasteiger partial charge in [-0.25, -0.2) is 8.42 Å². The predicted octanol–water partition coefficient (Wildman–Crippen LogP) is 0.0941. The zero-order valence-electron chi connectivity index (χ0n) is 7.40. The Hall–Kier alpha value is -0.620. The lowest BCUT2D eigenvalue weighted by molar-refractivity contribution is -0.147. The fourth-order valence-electron chi connectivity index (χ4n) is 1.25. The molecule has 1 saturated heterocycles. The molecule has 0 aliphatic carbocycles. The van der Waals surface area contributed by atoms with Crippen molar-refractivity contribution in [2.45, 2.75) is 19.3 Å². The van der Waals surface area contributed by atoms with Crippen LogP contribution in [-0.2, 0) is 18.6 Å². The summed E-state index contributed by atoms with van der Waals surface area (Å²) >= 11 is 0. The Morgan fingerprint density at radius 1 is 1.21 bits per heavy atom. The number of halogens is 1. The van der Waals surface area contributed by atoms with Crippen molar-refractivity contribution in [3.8, 4) is 0 Å². The van der Waals surface area contributed by atoms with Gasteiger partial charge < -0.3 is 0 Å². The highest BCUT2D eigenvalue weighted by Gasteiger charge is 2.26. The van der Waals surface area contributed by atoms with Crippen LogP contribution in [0.5, 0.6) is 0 Å². The Morgan fingerprint density at radius 2 is 1.71 bits per heavy atom. The third kappa shape index (κ3) is 3.26. The number of piperidine rings is 1. The molecule has 1 heterocycles. The first-order chi connectivity index (χ1) is 6.40. The maximum absolute atomic E-state index is 11.2. The number of rotatable bonds is 3. The van der Waals surface area contributed by atoms with Crippen LogP contribution in [0.1, 0.15) is 19.3 Å². The lowest BCUT2D eigenvalue weighted by Crippen LogP contribution is -2.42. The molecule has 0 spiro atoms. The summed E-state index contributed by atoms with van der Waals surface area (Å²) in [4.78, 5) is 23.3. The highest BCUT2D eigenvalue weighted by molar-refractivity contribution is 8.13. The van der Waals surface area contributed by atoms with Crippen molar-refractivity contribution in [1.82, 2.24) is 4.90 Å². The van der Waals surface area contributed by atoms with E-state index in [0.29, 0.717) is 19.3 Å².